The molecule has 0 aromatic heterocycles. The first-order valence-electron chi connectivity index (χ1n) is 39.3. The number of amides is 4. The summed E-state index contributed by atoms with van der Waals surface area (Å²) < 4.78 is 67.5. The van der Waals surface area contributed by atoms with Gasteiger partial charge in [0.05, 0.1) is 23.5 Å². The molecule has 27 nitrogen and oxygen atoms in total. The summed E-state index contributed by atoms with van der Waals surface area (Å²) >= 11 is 0. The number of aliphatic hydroxyl groups is 1. The van der Waals surface area contributed by atoms with Gasteiger partial charge in [-0.05, 0) is 130 Å². The molecule has 0 radical (unpaired) electrons. The Morgan fingerprint density at radius 1 is 0.529 bits per heavy atom. The van der Waals surface area contributed by atoms with Crippen molar-refractivity contribution in [2.45, 2.75) is 138 Å². The lowest BCUT2D eigenvalue weighted by atomic mass is 9.48. The molecule has 8 aromatic carbocycles. The molecule has 11 atom stereocenters. The molecule has 15 rings (SSSR count). The van der Waals surface area contributed by atoms with Crippen LogP contribution >= 0.6 is 0 Å². The molecule has 27 heteroatoms. The molecule has 2 bridgehead atoms. The van der Waals surface area contributed by atoms with E-state index in [9.17, 15) is 38.7 Å². The van der Waals surface area contributed by atoms with Gasteiger partial charge in [0.15, 0.2) is 17.5 Å². The Balaban J connectivity index is 0.773. The first-order chi connectivity index (χ1) is 57.2. The van der Waals surface area contributed by atoms with E-state index in [1.165, 1.54) is 50.2 Å². The normalized spacial score (nSPS) is 22.7. The molecule has 614 valence electrons. The quantitative estimate of drug-likeness (QED) is 0.0226. The Morgan fingerprint density at radius 3 is 1.38 bits per heavy atom. The lowest BCUT2D eigenvalue weighted by Crippen LogP contribution is -2.80. The van der Waals surface area contributed by atoms with Gasteiger partial charge in [0.2, 0.25) is 6.10 Å². The topological polar surface area (TPSA) is 358 Å². The predicted molar refractivity (Wildman–Crippen MR) is 425 cm³/mol. The number of Topliss-reactive ketones (excluding diaryl/α,β-unsaturated/α-hetero) is 1. The van der Waals surface area contributed by atoms with Gasteiger partial charge in [-0.2, -0.15) is 0 Å². The summed E-state index contributed by atoms with van der Waals surface area (Å²) in [6, 6.07) is 59.5. The fourth-order valence-corrected chi connectivity index (χ4v) is 18.1. The zero-order valence-corrected chi connectivity index (χ0v) is 66.0. The summed E-state index contributed by atoms with van der Waals surface area (Å²) in [7, 11) is 0. The van der Waals surface area contributed by atoms with Gasteiger partial charge in [-0.15, -0.1) is 0 Å². The highest BCUT2D eigenvalue weighted by Crippen LogP contribution is 2.62. The molecule has 1 heterocycles. The van der Waals surface area contributed by atoms with Gasteiger partial charge >= 0.3 is 60.2 Å². The summed E-state index contributed by atoms with van der Waals surface area (Å²) in [5, 5.41) is 24.3. The largest absolute Gasteiger partial charge is 0.460 e. The van der Waals surface area contributed by atoms with E-state index in [4.69, 9.17) is 52.1 Å². The Bertz CT molecular complexity index is 5220. The lowest BCUT2D eigenvalue weighted by Gasteiger charge is -2.65. The highest BCUT2D eigenvalue weighted by Gasteiger charge is 2.77. The van der Waals surface area contributed by atoms with Crippen molar-refractivity contribution >= 4 is 66.0 Å². The molecule has 5 N–H and O–H groups in total. The number of ketones is 1. The number of esters is 6. The molecule has 7 aliphatic rings. The number of ether oxygens (including phenoxy) is 11. The molecule has 2 saturated carbocycles. The highest BCUT2D eigenvalue weighted by atomic mass is 16.6. The summed E-state index contributed by atoms with van der Waals surface area (Å²) in [6.45, 7) is 4.74. The summed E-state index contributed by atoms with van der Waals surface area (Å²) in [6.07, 6.45) is -17.9. The van der Waals surface area contributed by atoms with Crippen molar-refractivity contribution in [3.8, 4) is 33.4 Å². The monoisotopic (exact) mass is 1620 g/mol. The molecule has 119 heavy (non-hydrogen) atoms. The van der Waals surface area contributed by atoms with Crippen LogP contribution in [0.5, 0.6) is 0 Å². The molecule has 8 aromatic rings. The van der Waals surface area contributed by atoms with Gasteiger partial charge in [0.25, 0.3) is 0 Å². The third-order valence-electron chi connectivity index (χ3n) is 23.4. The number of nitrogens with one attached hydrogen (secondary N) is 4. The number of carbonyl (C=O) groups is 11. The molecule has 1 saturated heterocycles. The van der Waals surface area contributed by atoms with Crippen LogP contribution in [0.15, 0.2) is 217 Å². The van der Waals surface area contributed by atoms with Crippen LogP contribution in [-0.4, -0.2) is 171 Å². The van der Waals surface area contributed by atoms with Crippen molar-refractivity contribution in [3.63, 3.8) is 0 Å². The maximum absolute atomic E-state index is 17.1. The van der Waals surface area contributed by atoms with E-state index < -0.39 is 188 Å². The van der Waals surface area contributed by atoms with Gasteiger partial charge in [-0.25, -0.2) is 28.8 Å². The maximum atomic E-state index is 17.1. The van der Waals surface area contributed by atoms with E-state index in [1.807, 2.05) is 146 Å². The fraction of sp³-hybridized carbons (Fsp3) is 0.337. The van der Waals surface area contributed by atoms with E-state index >= 15 is 19.2 Å². The van der Waals surface area contributed by atoms with E-state index in [1.54, 1.807) is 45.0 Å². The van der Waals surface area contributed by atoms with Crippen LogP contribution in [0.4, 0.5) is 19.2 Å². The molecule has 4 amide bonds. The number of benzene rings is 8. The zero-order valence-electron chi connectivity index (χ0n) is 66.0. The Kier molecular flexibility index (Phi) is 22.9. The first-order valence-corrected chi connectivity index (χ1v) is 39.3. The summed E-state index contributed by atoms with van der Waals surface area (Å²) in [5.41, 5.74) is 2.45. The molecule has 1 aliphatic heterocycles. The van der Waals surface area contributed by atoms with Crippen molar-refractivity contribution in [1.82, 2.24) is 21.3 Å². The predicted octanol–water partition coefficient (Wildman–Crippen LogP) is 11.9. The summed E-state index contributed by atoms with van der Waals surface area (Å²) in [4.78, 5) is 162. The van der Waals surface area contributed by atoms with Crippen molar-refractivity contribution in [2.75, 3.05) is 46.1 Å². The molecule has 3 fully saturated rings. The van der Waals surface area contributed by atoms with E-state index in [0.29, 0.717) is 0 Å². The molecular formula is C92H88N4O23. The Hall–Kier alpha value is -13.0. The average Bonchev–Trinajstić information content (AvgIpc) is 1.33. The average molecular weight is 1620 g/mol. The maximum Gasteiger partial charge on any atom is 0.408 e. The number of carbonyl (C=O) groups excluding carboxylic acids is 11. The van der Waals surface area contributed by atoms with Crippen LogP contribution in [0.2, 0.25) is 0 Å². The highest BCUT2D eigenvalue weighted by molar-refractivity contribution is 5.97. The minimum absolute atomic E-state index is 0.0871. The van der Waals surface area contributed by atoms with E-state index in [2.05, 4.69) is 21.3 Å². The van der Waals surface area contributed by atoms with Crippen LogP contribution in [0.25, 0.3) is 33.4 Å². The van der Waals surface area contributed by atoms with Crippen LogP contribution in [0, 0.1) is 11.3 Å². The van der Waals surface area contributed by atoms with E-state index in [-0.39, 0.29) is 53.9 Å². The van der Waals surface area contributed by atoms with Crippen molar-refractivity contribution in [1.29, 1.82) is 0 Å². The van der Waals surface area contributed by atoms with Gasteiger partial charge < -0.3 is 78.5 Å². The smallest absolute Gasteiger partial charge is 0.408 e. The second-order valence-electron chi connectivity index (χ2n) is 31.8. The number of hydrogen-bond donors (Lipinski definition) is 5. The SMILES string of the molecule is CC(=O)O[C@@]12COC1C[C@H](OC(=O)CNC(=O)OCC1c3ccccc3-c3ccccc31)C1(C)C(=O)[C@H](OC(=O)CNC(=O)OCC3c4ccccc4-c4ccccc43)C3=C(C)[C@@H](OC(=O)[C@H](OC(=O)CNC(=O)OCC4c5ccccc5-c5ccccc54)[C@@H](NC(=O)OC(C)(C)C)c4ccccc4)C[C@](O)(C3)[C@@H](OC(=O)c3ccccc3)C12. The number of hydrogen-bond acceptors (Lipinski definition) is 23. The lowest BCUT2D eigenvalue weighted by molar-refractivity contribution is -0.341. The van der Waals surface area contributed by atoms with Crippen LogP contribution in [-0.2, 0) is 80.9 Å². The van der Waals surface area contributed by atoms with Gasteiger partial charge in [-0.1, -0.05) is 194 Å². The standard InChI is InChI=1S/C92H88N4O23/c1-51-67-42-91(108,43-71(51)113-84(103)79(77(53-25-9-7-10-26-53)96-88(107)119-89(3,4)5)116-76(100)46-95-87(106)111-49-70-65-39-23-17-33-59(65)60-34-18-24-40-66(60)70)82(117-83(102)54-27-11-8-12-28-54)80-90(6,81(101)78(67)115-75(99)45-94-86(105)110-48-69-63-37-21-15-31-57(63)58-32-16-22-38-64(58)69)72(41-73-92(80,50-112-73)118-52(2)97)114-74(98)44-93-85(104)109-47-68-61-35-19-13-29-55(61)56-30-14-20-36-62(56)68/h7-40,68-73,77-80,82,108H,41-50H2,1-6H3,(H,93,104)(H,94,105)(H,95,106)(H,96,107)/t71-,72-,73?,77-,78+,79+,80?,82-,90?,91+,92-/m0/s1. The van der Waals surface area contributed by atoms with Gasteiger partial charge in [-0.3, -0.25) is 24.0 Å². The number of alkyl carbamates (subject to hydrolysis) is 4. The Labute approximate surface area is 684 Å². The first kappa shape index (κ1) is 81.1. The van der Waals surface area contributed by atoms with Crippen LogP contribution in [0.3, 0.4) is 0 Å². The molecule has 0 spiro atoms. The second kappa shape index (κ2) is 33.5. The fourth-order valence-electron chi connectivity index (χ4n) is 18.1. The molecule has 3 unspecified atom stereocenters. The van der Waals surface area contributed by atoms with E-state index in [0.717, 1.165) is 73.7 Å². The zero-order chi connectivity index (χ0) is 83.7. The van der Waals surface area contributed by atoms with Crippen molar-refractivity contribution in [3.05, 3.63) is 262 Å². The van der Waals surface area contributed by atoms with Crippen molar-refractivity contribution < 1.29 is 110 Å². The third-order valence-corrected chi connectivity index (χ3v) is 23.4. The van der Waals surface area contributed by atoms with Gasteiger partial charge in [0, 0.05) is 43.9 Å². The van der Waals surface area contributed by atoms with Crippen LogP contribution < -0.4 is 21.3 Å². The number of fused-ring (bicyclic) bond motifs is 14. The second-order valence-corrected chi connectivity index (χ2v) is 31.8. The van der Waals surface area contributed by atoms with Crippen molar-refractivity contribution in [2.24, 2.45) is 11.3 Å². The summed E-state index contributed by atoms with van der Waals surface area (Å²) in [5.74, 6) is -11.4. The van der Waals surface area contributed by atoms with Crippen LogP contribution in [0.1, 0.15) is 134 Å². The minimum atomic E-state index is -2.71. The molecule has 6 aliphatic carbocycles. The van der Waals surface area contributed by atoms with Gasteiger partial charge in [0.1, 0.15) is 81.1 Å². The minimum Gasteiger partial charge on any atom is -0.460 e. The third kappa shape index (κ3) is 16.3. The molecular weight excluding hydrogens is 1530 g/mol. The number of rotatable bonds is 23. The Morgan fingerprint density at radius 2 is 0.950 bits per heavy atom.